The molecule has 12 aromatic rings. The van der Waals surface area contributed by atoms with E-state index in [2.05, 4.69) is 52.9 Å². The second kappa shape index (κ2) is 41.4. The van der Waals surface area contributed by atoms with Crippen LogP contribution in [0.4, 0.5) is 47.3 Å². The molecule has 0 unspecified atom stereocenters. The topological polar surface area (TPSA) is 363 Å². The lowest BCUT2D eigenvalue weighted by atomic mass is 10.0. The fourth-order valence-electron chi connectivity index (χ4n) is 17.5. The largest absolute Gasteiger partial charge is 0.396 e. The zero-order valence-corrected chi connectivity index (χ0v) is 84.8. The molecule has 3 atom stereocenters. The summed E-state index contributed by atoms with van der Waals surface area (Å²) in [6.07, 6.45) is 8.65. The minimum Gasteiger partial charge on any atom is -0.396 e. The van der Waals surface area contributed by atoms with Crippen LogP contribution >= 0.6 is 139 Å². The maximum atomic E-state index is 15.7. The Morgan fingerprint density at radius 3 is 0.833 bits per heavy atom. The van der Waals surface area contributed by atoms with Crippen molar-refractivity contribution < 1.29 is 27.6 Å². The number of hydrogen-bond donors (Lipinski definition) is 3. The van der Waals surface area contributed by atoms with Crippen LogP contribution in [0.3, 0.4) is 0 Å². The van der Waals surface area contributed by atoms with Crippen molar-refractivity contribution in [3.63, 3.8) is 0 Å². The van der Waals surface area contributed by atoms with Gasteiger partial charge in [-0.15, -0.1) is 0 Å². The van der Waals surface area contributed by atoms with Gasteiger partial charge in [0.1, 0.15) is 51.8 Å². The average Bonchev–Trinajstić information content (AvgIpc) is 0.726. The van der Waals surface area contributed by atoms with Crippen molar-refractivity contribution in [2.24, 2.45) is 0 Å². The Bertz CT molecular complexity index is 6780. The van der Waals surface area contributed by atoms with Gasteiger partial charge in [-0.3, -0.25) is 57.4 Å². The fourth-order valence-corrected chi connectivity index (χ4v) is 20.3. The molecule has 3 saturated heterocycles. The number of rotatable bonds is 15. The first-order valence-corrected chi connectivity index (χ1v) is 47.1. The maximum absolute atomic E-state index is 15.7. The van der Waals surface area contributed by atoms with E-state index in [0.29, 0.717) is 126 Å². The van der Waals surface area contributed by atoms with Crippen LogP contribution in [0, 0.1) is 72.2 Å². The first kappa shape index (κ1) is 104. The smallest absolute Gasteiger partial charge is 0.276 e. The number of carbonyl (C=O) groups is 3. The van der Waals surface area contributed by atoms with Crippen molar-refractivity contribution in [3.05, 3.63) is 252 Å². The third kappa shape index (κ3) is 18.3. The van der Waals surface area contributed by atoms with Gasteiger partial charge >= 0.3 is 0 Å². The molecule has 15 rings (SSSR count). The Morgan fingerprint density at radius 2 is 0.630 bits per heavy atom. The molecule has 714 valence electrons. The van der Waals surface area contributed by atoms with E-state index in [-0.39, 0.29) is 200 Å². The molecule has 0 aliphatic carbocycles. The highest BCUT2D eigenvalue weighted by molar-refractivity contribution is 6.50. The molecule has 138 heavy (non-hydrogen) atoms. The van der Waals surface area contributed by atoms with Gasteiger partial charge in [-0.25, -0.2) is 28.1 Å². The second-order valence-corrected chi connectivity index (χ2v) is 38.4. The lowest BCUT2D eigenvalue weighted by molar-refractivity contribution is -0.129. The first-order chi connectivity index (χ1) is 65.2. The monoisotopic (exact) mass is 2100 g/mol. The first-order valence-electron chi connectivity index (χ1n) is 42.6. The molecule has 12 heterocycles. The summed E-state index contributed by atoms with van der Waals surface area (Å²) in [6.45, 7) is 36.0. The zero-order chi connectivity index (χ0) is 101. The summed E-state index contributed by atoms with van der Waals surface area (Å²) in [6, 6.07) is 15.2. The average molecular weight is 2110 g/mol. The highest BCUT2D eigenvalue weighted by Crippen LogP contribution is 2.52. The van der Waals surface area contributed by atoms with Crippen LogP contribution in [-0.4, -0.2) is 153 Å². The molecule has 3 aromatic carbocycles. The Morgan fingerprint density at radius 1 is 0.399 bits per heavy atom. The SMILES string of the molecule is C=CC(=O)N1CCN(c2c(C#N)c(=O)n(-c3c(C)ccnc3C(C)C)c3nc(-c4c(F)c(Cl)c(Cl)c(N)c4Cl)c(Cl)cc23)C[C@H]1C.C=CC(=O)N1CCN(c2c(C#N)c(=O)n(-c3c(C)ccnc3C(C)C)c3nc(-c4c(F)c(Cl)c(Cl)c(N)c4Cl)c(Cl)cc23)C[C@H]1C.C=CC(=O)N1CCN(c2c(C#N)c(=O)n(-c3c(C)ccnc3C(C)C)c3nc(-c4c(F)c(Cl)c(Cl)c(N)c4Cl)c(Cl)cc23)C[C@H]1C. The molecule has 9 aromatic heterocycles. The van der Waals surface area contributed by atoms with Gasteiger partial charge < -0.3 is 46.6 Å². The van der Waals surface area contributed by atoms with E-state index >= 15 is 13.2 Å². The van der Waals surface area contributed by atoms with E-state index in [9.17, 15) is 44.6 Å². The van der Waals surface area contributed by atoms with Gasteiger partial charge in [0.05, 0.1) is 162 Å². The number of hydrogen-bond acceptors (Lipinski definition) is 21. The number of amides is 3. The van der Waals surface area contributed by atoms with Gasteiger partial charge in [-0.2, -0.15) is 15.8 Å². The third-order valence-corrected chi connectivity index (χ3v) is 28.7. The van der Waals surface area contributed by atoms with E-state index in [1.54, 1.807) is 51.5 Å². The molecule has 0 radical (unpaired) electrons. The molecule has 3 fully saturated rings. The van der Waals surface area contributed by atoms with Crippen LogP contribution < -0.4 is 48.6 Å². The Hall–Kier alpha value is -11.6. The lowest BCUT2D eigenvalue weighted by Gasteiger charge is -2.41. The highest BCUT2D eigenvalue weighted by Gasteiger charge is 2.40. The van der Waals surface area contributed by atoms with Crippen molar-refractivity contribution in [2.45, 2.75) is 119 Å². The highest BCUT2D eigenvalue weighted by atomic mass is 35.5. The molecular formula is C96H84Cl12F3N21O6. The van der Waals surface area contributed by atoms with Crippen LogP contribution in [0.1, 0.15) is 131 Å². The minimum atomic E-state index is -1.00. The zero-order valence-electron chi connectivity index (χ0n) is 75.8. The molecule has 0 bridgehead atoms. The van der Waals surface area contributed by atoms with Gasteiger partial charge in [-0.05, 0) is 131 Å². The van der Waals surface area contributed by atoms with Crippen LogP contribution in [-0.2, 0) is 14.4 Å². The number of piperazine rings is 3. The van der Waals surface area contributed by atoms with Crippen LogP contribution in [0.25, 0.3) is 83.9 Å². The molecule has 3 aliphatic rings. The van der Waals surface area contributed by atoms with E-state index in [1.807, 2.05) is 97.8 Å². The number of aryl methyl sites for hydroxylation is 3. The van der Waals surface area contributed by atoms with E-state index < -0.39 is 49.2 Å². The van der Waals surface area contributed by atoms with Crippen molar-refractivity contribution in [1.82, 2.24) is 58.3 Å². The molecular weight excluding hydrogens is 2030 g/mol. The van der Waals surface area contributed by atoms with E-state index in [0.717, 1.165) is 0 Å². The van der Waals surface area contributed by atoms with Crippen LogP contribution in [0.15, 0.2) is 107 Å². The minimum absolute atomic E-state index is 0.0538. The van der Waals surface area contributed by atoms with Gasteiger partial charge in [0.25, 0.3) is 16.7 Å². The van der Waals surface area contributed by atoms with Gasteiger partial charge in [0.2, 0.25) is 17.7 Å². The predicted molar refractivity (Wildman–Crippen MR) is 546 cm³/mol. The normalized spacial score (nSPS) is 15.0. The summed E-state index contributed by atoms with van der Waals surface area (Å²) < 4.78 is 51.2. The van der Waals surface area contributed by atoms with Crippen molar-refractivity contribution in [2.75, 3.05) is 90.8 Å². The number of nitrogens with zero attached hydrogens (tertiary/aromatic N) is 18. The summed E-state index contributed by atoms with van der Waals surface area (Å²) in [5.74, 6) is -4.08. The Balaban J connectivity index is 0.000000175. The quantitative estimate of drug-likeness (QED) is 0.0371. The van der Waals surface area contributed by atoms with E-state index in [4.69, 9.17) is 171 Å². The molecule has 27 nitrogen and oxygen atoms in total. The Labute approximate surface area is 850 Å². The molecule has 6 N–H and O–H groups in total. The number of benzene rings is 3. The summed E-state index contributed by atoms with van der Waals surface area (Å²) in [4.78, 5) is 119. The van der Waals surface area contributed by atoms with E-state index in [1.165, 1.54) is 50.1 Å². The molecule has 3 aliphatic heterocycles. The number of nitriles is 3. The van der Waals surface area contributed by atoms with Crippen LogP contribution in [0.5, 0.6) is 0 Å². The number of nitrogens with two attached hydrogens (primary N) is 3. The lowest BCUT2D eigenvalue weighted by Crippen LogP contribution is -2.54. The summed E-state index contributed by atoms with van der Waals surface area (Å²) in [7, 11) is 0. The van der Waals surface area contributed by atoms with Gasteiger partial charge in [0, 0.05) is 112 Å². The molecule has 42 heteroatoms. The number of anilines is 6. The molecule has 3 amide bonds. The Kier molecular flexibility index (Phi) is 31.1. The fraction of sp³-hybridized carbons (Fsp3) is 0.281. The molecule has 0 spiro atoms. The summed E-state index contributed by atoms with van der Waals surface area (Å²) in [5.41, 5.74) is 19.9. The second-order valence-electron chi connectivity index (χ2n) is 33.8. The molecule has 0 saturated carbocycles. The van der Waals surface area contributed by atoms with Crippen molar-refractivity contribution in [1.29, 1.82) is 15.8 Å². The number of halogens is 15. The standard InChI is InChI=1S/3C32H28Cl4FN7O2/c3*1-6-20(45)43-10-9-42(13-16(43)5)30-17-11-19(33)28(21-22(34)26(39)24(36)23(35)25(21)37)41-31(17)44(32(46)18(30)12-38)29-15(4)7-8-40-27(29)14(2)3/h3*6-8,11,14,16H,1,9-10,13,39H2,2-5H3/t3*16-/m111/s1. The predicted octanol–water partition coefficient (Wildman–Crippen LogP) is 21.9. The summed E-state index contributed by atoms with van der Waals surface area (Å²) in [5, 5.41) is 29.3. The van der Waals surface area contributed by atoms with Crippen molar-refractivity contribution in [3.8, 4) is 69.0 Å². The summed E-state index contributed by atoms with van der Waals surface area (Å²) >= 11 is 76.9. The van der Waals surface area contributed by atoms with Gasteiger partial charge in [-0.1, -0.05) is 200 Å². The number of aromatic nitrogens is 9. The third-order valence-electron chi connectivity index (χ3n) is 24.1. The maximum Gasteiger partial charge on any atom is 0.276 e. The number of pyridine rings is 9. The van der Waals surface area contributed by atoms with Crippen molar-refractivity contribution >= 4 is 224 Å². The number of carbonyl (C=O) groups excluding carboxylic acids is 3. The van der Waals surface area contributed by atoms with Gasteiger partial charge in [0.15, 0.2) is 17.5 Å². The number of fused-ring (bicyclic) bond motifs is 3. The van der Waals surface area contributed by atoms with Crippen LogP contribution in [0.2, 0.25) is 60.3 Å². The number of nitrogen functional groups attached to an aromatic ring is 3.